The van der Waals surface area contributed by atoms with Gasteiger partial charge >= 0.3 is 0 Å². The van der Waals surface area contributed by atoms with E-state index in [1.807, 2.05) is 20.8 Å². The monoisotopic (exact) mass is 250 g/mol. The lowest BCUT2D eigenvalue weighted by Crippen LogP contribution is -2.45. The van der Waals surface area contributed by atoms with Crippen LogP contribution < -0.4 is 0 Å². The molecule has 18 heavy (non-hydrogen) atoms. The van der Waals surface area contributed by atoms with E-state index in [2.05, 4.69) is 6.92 Å². The molecule has 0 unspecified atom stereocenters. The molecule has 3 rings (SSSR count). The molecule has 3 nitrogen and oxygen atoms in total. The molecular formula is C15H22O3. The van der Waals surface area contributed by atoms with Gasteiger partial charge in [-0.05, 0) is 45.6 Å². The summed E-state index contributed by atoms with van der Waals surface area (Å²) in [6.45, 7) is 7.95. The van der Waals surface area contributed by atoms with Crippen molar-refractivity contribution < 1.29 is 14.6 Å². The molecule has 1 spiro atoms. The van der Waals surface area contributed by atoms with Crippen LogP contribution in [-0.2, 0) is 9.53 Å². The standard InChI is InChI=1S/C15H22O3/c1-9-7-12(16)15(13(3,4)18-15)8-14(17)10(2)5-6-11(9)14/h7,10-11,17H,5-6,8H2,1-4H3/t10-,11+,14-,15+/m0/s1. The molecule has 0 aromatic heterocycles. The van der Waals surface area contributed by atoms with Crippen molar-refractivity contribution in [2.24, 2.45) is 11.8 Å². The summed E-state index contributed by atoms with van der Waals surface area (Å²) in [7, 11) is 0. The number of ether oxygens (including phenoxy) is 1. The molecule has 1 saturated heterocycles. The van der Waals surface area contributed by atoms with Gasteiger partial charge in [-0.3, -0.25) is 4.79 Å². The van der Waals surface area contributed by atoms with Crippen molar-refractivity contribution in [3.8, 4) is 0 Å². The lowest BCUT2D eigenvalue weighted by atomic mass is 9.74. The number of ketones is 1. The van der Waals surface area contributed by atoms with E-state index < -0.39 is 16.8 Å². The third-order valence-electron chi connectivity index (χ3n) is 5.54. The molecule has 4 atom stereocenters. The van der Waals surface area contributed by atoms with Crippen LogP contribution in [0.4, 0.5) is 0 Å². The Morgan fingerprint density at radius 3 is 2.56 bits per heavy atom. The maximum Gasteiger partial charge on any atom is 0.190 e. The van der Waals surface area contributed by atoms with Crippen LogP contribution >= 0.6 is 0 Å². The Hall–Kier alpha value is -0.670. The summed E-state index contributed by atoms with van der Waals surface area (Å²) < 4.78 is 5.74. The number of rotatable bonds is 0. The molecule has 100 valence electrons. The van der Waals surface area contributed by atoms with E-state index in [-0.39, 0.29) is 17.6 Å². The smallest absolute Gasteiger partial charge is 0.190 e. The molecule has 0 bridgehead atoms. The van der Waals surface area contributed by atoms with Crippen molar-refractivity contribution in [2.45, 2.75) is 63.8 Å². The minimum absolute atomic E-state index is 0.0417. The van der Waals surface area contributed by atoms with Gasteiger partial charge in [-0.15, -0.1) is 0 Å². The Morgan fingerprint density at radius 1 is 1.39 bits per heavy atom. The summed E-state index contributed by atoms with van der Waals surface area (Å²) in [5.41, 5.74) is -0.972. The molecule has 1 N–H and O–H groups in total. The van der Waals surface area contributed by atoms with Crippen LogP contribution in [0.5, 0.6) is 0 Å². The number of carbonyl (C=O) groups excluding carboxylic acids is 1. The Balaban J connectivity index is 2.08. The van der Waals surface area contributed by atoms with Crippen molar-refractivity contribution in [1.29, 1.82) is 0 Å². The molecule has 2 aliphatic carbocycles. The number of hydrogen-bond acceptors (Lipinski definition) is 3. The summed E-state index contributed by atoms with van der Waals surface area (Å²) >= 11 is 0. The minimum atomic E-state index is -0.781. The molecule has 0 amide bonds. The van der Waals surface area contributed by atoms with Crippen LogP contribution in [0.15, 0.2) is 11.6 Å². The maximum absolute atomic E-state index is 12.4. The zero-order valence-electron chi connectivity index (χ0n) is 11.6. The van der Waals surface area contributed by atoms with Gasteiger partial charge in [-0.25, -0.2) is 0 Å². The van der Waals surface area contributed by atoms with Gasteiger partial charge in [0.1, 0.15) is 5.60 Å². The minimum Gasteiger partial charge on any atom is -0.389 e. The highest BCUT2D eigenvalue weighted by atomic mass is 16.6. The molecule has 1 saturated carbocycles. The second kappa shape index (κ2) is 3.26. The SMILES string of the molecule is CC1=CC(=O)[C@@]2(C[C@@]3(O)[C@@H]1CC[C@@H]3C)OC2(C)C. The van der Waals surface area contributed by atoms with Gasteiger partial charge in [0.25, 0.3) is 0 Å². The fourth-order valence-electron chi connectivity index (χ4n) is 4.10. The number of carbonyl (C=O) groups is 1. The van der Waals surface area contributed by atoms with Crippen molar-refractivity contribution >= 4 is 5.78 Å². The zero-order valence-corrected chi connectivity index (χ0v) is 11.6. The molecule has 0 radical (unpaired) electrons. The fourth-order valence-corrected chi connectivity index (χ4v) is 4.10. The Morgan fingerprint density at radius 2 is 2.00 bits per heavy atom. The van der Waals surface area contributed by atoms with Gasteiger partial charge in [0.05, 0.1) is 5.60 Å². The lowest BCUT2D eigenvalue weighted by molar-refractivity contribution is -0.123. The predicted octanol–water partition coefficient (Wildman–Crippen LogP) is 2.23. The second-order valence-corrected chi connectivity index (χ2v) is 6.89. The summed E-state index contributed by atoms with van der Waals surface area (Å²) in [5.74, 6) is 0.393. The van der Waals surface area contributed by atoms with Gasteiger partial charge in [0.15, 0.2) is 11.4 Å². The molecular weight excluding hydrogens is 228 g/mol. The van der Waals surface area contributed by atoms with Gasteiger partial charge < -0.3 is 9.84 Å². The average Bonchev–Trinajstić information content (AvgIpc) is 2.69. The highest BCUT2D eigenvalue weighted by molar-refractivity contribution is 6.01. The fraction of sp³-hybridized carbons (Fsp3) is 0.800. The van der Waals surface area contributed by atoms with Gasteiger partial charge in [0.2, 0.25) is 0 Å². The number of aliphatic hydroxyl groups is 1. The molecule has 0 aromatic carbocycles. The van der Waals surface area contributed by atoms with E-state index in [1.54, 1.807) is 6.08 Å². The van der Waals surface area contributed by atoms with Gasteiger partial charge in [-0.2, -0.15) is 0 Å². The van der Waals surface area contributed by atoms with E-state index in [9.17, 15) is 9.90 Å². The third kappa shape index (κ3) is 1.29. The maximum atomic E-state index is 12.4. The quantitative estimate of drug-likeness (QED) is 0.671. The number of epoxide rings is 1. The first-order valence-corrected chi connectivity index (χ1v) is 6.88. The predicted molar refractivity (Wildman–Crippen MR) is 68.1 cm³/mol. The van der Waals surface area contributed by atoms with Crippen molar-refractivity contribution in [1.82, 2.24) is 0 Å². The lowest BCUT2D eigenvalue weighted by Gasteiger charge is -2.34. The van der Waals surface area contributed by atoms with E-state index >= 15 is 0 Å². The first-order valence-electron chi connectivity index (χ1n) is 6.88. The molecule has 2 fully saturated rings. The topological polar surface area (TPSA) is 49.8 Å². The summed E-state index contributed by atoms with van der Waals surface area (Å²) in [6.07, 6.45) is 4.17. The van der Waals surface area contributed by atoms with E-state index in [4.69, 9.17) is 4.74 Å². The first-order chi connectivity index (χ1) is 8.23. The van der Waals surface area contributed by atoms with Crippen LogP contribution in [0.25, 0.3) is 0 Å². The van der Waals surface area contributed by atoms with Crippen molar-refractivity contribution in [3.63, 3.8) is 0 Å². The Bertz CT molecular complexity index is 451. The van der Waals surface area contributed by atoms with E-state index in [0.29, 0.717) is 6.42 Å². The normalized spacial score (nSPS) is 49.8. The van der Waals surface area contributed by atoms with Crippen LogP contribution in [0, 0.1) is 11.8 Å². The van der Waals surface area contributed by atoms with Crippen LogP contribution in [0.3, 0.4) is 0 Å². The van der Waals surface area contributed by atoms with Gasteiger partial charge in [0, 0.05) is 12.3 Å². The van der Waals surface area contributed by atoms with Crippen molar-refractivity contribution in [3.05, 3.63) is 11.6 Å². The summed E-state index contributed by atoms with van der Waals surface area (Å²) in [6, 6.07) is 0. The first kappa shape index (κ1) is 12.4. The van der Waals surface area contributed by atoms with E-state index in [1.165, 1.54) is 0 Å². The zero-order chi connectivity index (χ0) is 13.3. The molecule has 1 heterocycles. The van der Waals surface area contributed by atoms with E-state index in [0.717, 1.165) is 18.4 Å². The van der Waals surface area contributed by atoms with Gasteiger partial charge in [-0.1, -0.05) is 12.5 Å². The van der Waals surface area contributed by atoms with Crippen LogP contribution in [0.2, 0.25) is 0 Å². The average molecular weight is 250 g/mol. The molecule has 3 heteroatoms. The second-order valence-electron chi connectivity index (χ2n) is 6.89. The highest BCUT2D eigenvalue weighted by Gasteiger charge is 2.72. The third-order valence-corrected chi connectivity index (χ3v) is 5.54. The molecule has 1 aliphatic heterocycles. The number of hydrogen-bond donors (Lipinski definition) is 1. The highest BCUT2D eigenvalue weighted by Crippen LogP contribution is 2.59. The summed E-state index contributed by atoms with van der Waals surface area (Å²) in [4.78, 5) is 12.4. The largest absolute Gasteiger partial charge is 0.389 e. The molecule has 0 aromatic rings. The van der Waals surface area contributed by atoms with Crippen LogP contribution in [-0.4, -0.2) is 27.7 Å². The van der Waals surface area contributed by atoms with Crippen molar-refractivity contribution in [2.75, 3.05) is 0 Å². The summed E-state index contributed by atoms with van der Waals surface area (Å²) in [5, 5.41) is 11.1. The van der Waals surface area contributed by atoms with Crippen LogP contribution in [0.1, 0.15) is 47.0 Å². The Kier molecular flexibility index (Phi) is 2.24. The molecule has 3 aliphatic rings. The Labute approximate surface area is 108 Å². The number of fused-ring (bicyclic) bond motifs is 1.